The van der Waals surface area contributed by atoms with Crippen molar-refractivity contribution in [3.63, 3.8) is 0 Å². The molecule has 8 nitrogen and oxygen atoms in total. The summed E-state index contributed by atoms with van der Waals surface area (Å²) in [5, 5.41) is 21.3. The van der Waals surface area contributed by atoms with Gasteiger partial charge in [-0.1, -0.05) is 0 Å². The summed E-state index contributed by atoms with van der Waals surface area (Å²) in [6.45, 7) is 1.90. The smallest absolute Gasteiger partial charge is 0.300 e. The van der Waals surface area contributed by atoms with Crippen molar-refractivity contribution in [2.45, 2.75) is 13.0 Å². The number of benzene rings is 1. The maximum Gasteiger partial charge on any atom is 0.300 e. The van der Waals surface area contributed by atoms with E-state index in [9.17, 15) is 10.1 Å². The zero-order valence-corrected chi connectivity index (χ0v) is 10.4. The van der Waals surface area contributed by atoms with E-state index in [4.69, 9.17) is 4.42 Å². The number of anilines is 1. The van der Waals surface area contributed by atoms with Crippen LogP contribution in [-0.4, -0.2) is 15.2 Å². The van der Waals surface area contributed by atoms with Crippen LogP contribution in [0.3, 0.4) is 0 Å². The number of non-ortho nitro benzene ring substituents is 1. The summed E-state index contributed by atoms with van der Waals surface area (Å²) in [7, 11) is 0. The molecule has 0 aliphatic heterocycles. The second-order valence-electron chi connectivity index (χ2n) is 4.23. The van der Waals surface area contributed by atoms with Crippen LogP contribution in [-0.2, 0) is 0 Å². The van der Waals surface area contributed by atoms with Crippen LogP contribution in [0.4, 0.5) is 11.4 Å². The molecule has 0 radical (unpaired) electrons. The van der Waals surface area contributed by atoms with E-state index in [1.165, 1.54) is 6.07 Å². The maximum atomic E-state index is 10.9. The van der Waals surface area contributed by atoms with Crippen LogP contribution in [0.5, 0.6) is 0 Å². The van der Waals surface area contributed by atoms with Gasteiger partial charge in [0.1, 0.15) is 5.76 Å². The fraction of sp³-hybridized carbons (Fsp3) is 0.167. The minimum atomic E-state index is -0.522. The summed E-state index contributed by atoms with van der Waals surface area (Å²) in [5.74, 6) is 0.743. The molecule has 8 heteroatoms. The molecule has 1 unspecified atom stereocenters. The molecule has 0 aliphatic carbocycles. The normalized spacial score (nSPS) is 12.4. The van der Waals surface area contributed by atoms with E-state index in [0.717, 1.165) is 5.76 Å². The molecule has 0 saturated carbocycles. The molecular formula is C12H10N4O4. The number of fused-ring (bicyclic) bond motifs is 1. The van der Waals surface area contributed by atoms with Crippen LogP contribution in [0.25, 0.3) is 11.0 Å². The highest BCUT2D eigenvalue weighted by atomic mass is 16.6. The first-order valence-electron chi connectivity index (χ1n) is 5.86. The monoisotopic (exact) mass is 274 g/mol. The SMILES string of the molecule is CC(Nc1ccc([N+](=O)[O-])c2nonc12)c1ccco1. The summed E-state index contributed by atoms with van der Waals surface area (Å²) in [6.07, 6.45) is 1.58. The summed E-state index contributed by atoms with van der Waals surface area (Å²) in [6, 6.07) is 6.44. The Balaban J connectivity index is 1.99. The lowest BCUT2D eigenvalue weighted by atomic mass is 10.2. The third kappa shape index (κ3) is 1.96. The highest BCUT2D eigenvalue weighted by Crippen LogP contribution is 2.30. The third-order valence-electron chi connectivity index (χ3n) is 2.93. The molecule has 102 valence electrons. The molecule has 20 heavy (non-hydrogen) atoms. The molecule has 2 heterocycles. The molecule has 0 spiro atoms. The van der Waals surface area contributed by atoms with E-state index in [0.29, 0.717) is 11.2 Å². The van der Waals surface area contributed by atoms with E-state index >= 15 is 0 Å². The summed E-state index contributed by atoms with van der Waals surface area (Å²) < 4.78 is 9.89. The van der Waals surface area contributed by atoms with Gasteiger partial charge in [0, 0.05) is 6.07 Å². The van der Waals surface area contributed by atoms with Gasteiger partial charge in [-0.3, -0.25) is 10.1 Å². The number of nitro groups is 1. The Morgan fingerprint density at radius 2 is 2.10 bits per heavy atom. The van der Waals surface area contributed by atoms with Crippen molar-refractivity contribution >= 4 is 22.4 Å². The second kappa shape index (κ2) is 4.65. The average Bonchev–Trinajstić information content (AvgIpc) is 3.10. The Labute approximate surface area is 112 Å². The number of aromatic nitrogens is 2. The topological polar surface area (TPSA) is 107 Å². The number of hydrogen-bond acceptors (Lipinski definition) is 7. The first-order valence-corrected chi connectivity index (χ1v) is 5.86. The first-order chi connectivity index (χ1) is 9.66. The summed E-state index contributed by atoms with van der Waals surface area (Å²) in [4.78, 5) is 10.4. The second-order valence-corrected chi connectivity index (χ2v) is 4.23. The van der Waals surface area contributed by atoms with Gasteiger partial charge in [0.25, 0.3) is 0 Å². The van der Waals surface area contributed by atoms with Crippen LogP contribution in [0.1, 0.15) is 18.7 Å². The minimum Gasteiger partial charge on any atom is -0.467 e. The lowest BCUT2D eigenvalue weighted by Crippen LogP contribution is -2.06. The predicted molar refractivity (Wildman–Crippen MR) is 69.2 cm³/mol. The van der Waals surface area contributed by atoms with E-state index < -0.39 is 4.92 Å². The fourth-order valence-electron chi connectivity index (χ4n) is 1.96. The Hall–Kier alpha value is -2.90. The molecule has 0 amide bonds. The minimum absolute atomic E-state index is 0.117. The zero-order valence-electron chi connectivity index (χ0n) is 10.4. The van der Waals surface area contributed by atoms with E-state index in [1.807, 2.05) is 13.0 Å². The fourth-order valence-corrected chi connectivity index (χ4v) is 1.96. The molecule has 1 atom stereocenters. The van der Waals surface area contributed by atoms with Gasteiger partial charge in [-0.25, -0.2) is 4.63 Å². The number of nitro benzene ring substituents is 1. The number of hydrogen-bond donors (Lipinski definition) is 1. The summed E-state index contributed by atoms with van der Waals surface area (Å²) in [5.41, 5.74) is 0.887. The molecule has 2 aromatic heterocycles. The van der Waals surface area contributed by atoms with Gasteiger partial charge < -0.3 is 9.73 Å². The maximum absolute atomic E-state index is 10.9. The Kier molecular flexibility index (Phi) is 2.82. The van der Waals surface area contributed by atoms with Crippen LogP contribution < -0.4 is 5.32 Å². The molecule has 3 rings (SSSR count). The van der Waals surface area contributed by atoms with Gasteiger partial charge in [0.15, 0.2) is 5.52 Å². The lowest BCUT2D eigenvalue weighted by molar-refractivity contribution is -0.383. The highest BCUT2D eigenvalue weighted by molar-refractivity contribution is 5.93. The quantitative estimate of drug-likeness (QED) is 0.575. The lowest BCUT2D eigenvalue weighted by Gasteiger charge is -2.12. The first kappa shape index (κ1) is 12.2. The molecule has 0 aliphatic rings. The van der Waals surface area contributed by atoms with Crippen molar-refractivity contribution in [3.05, 3.63) is 46.4 Å². The Bertz CT molecular complexity index is 750. The highest BCUT2D eigenvalue weighted by Gasteiger charge is 2.20. The predicted octanol–water partition coefficient (Wildman–Crippen LogP) is 2.90. The van der Waals surface area contributed by atoms with Gasteiger partial charge in [0.05, 0.1) is 22.9 Å². The molecule has 3 aromatic rings. The molecule has 0 saturated heterocycles. The number of rotatable bonds is 4. The van der Waals surface area contributed by atoms with Crippen molar-refractivity contribution in [2.24, 2.45) is 0 Å². The van der Waals surface area contributed by atoms with Crippen LogP contribution in [0.15, 0.2) is 39.6 Å². The number of nitrogens with one attached hydrogen (secondary N) is 1. The van der Waals surface area contributed by atoms with Crippen molar-refractivity contribution in [3.8, 4) is 0 Å². The van der Waals surface area contributed by atoms with Gasteiger partial charge in [-0.15, -0.1) is 0 Å². The van der Waals surface area contributed by atoms with Crippen molar-refractivity contribution in [1.82, 2.24) is 10.3 Å². The van der Waals surface area contributed by atoms with E-state index in [2.05, 4.69) is 20.3 Å². The van der Waals surface area contributed by atoms with Crippen LogP contribution in [0, 0.1) is 10.1 Å². The van der Waals surface area contributed by atoms with E-state index in [1.54, 1.807) is 18.4 Å². The van der Waals surface area contributed by atoms with Gasteiger partial charge in [-0.05, 0) is 35.4 Å². The molecule has 1 N–H and O–H groups in total. The van der Waals surface area contributed by atoms with Crippen LogP contribution >= 0.6 is 0 Å². The number of nitrogens with zero attached hydrogens (tertiary/aromatic N) is 3. The molecule has 1 aromatic carbocycles. The largest absolute Gasteiger partial charge is 0.467 e. The van der Waals surface area contributed by atoms with Crippen molar-refractivity contribution in [2.75, 3.05) is 5.32 Å². The molecule has 0 bridgehead atoms. The third-order valence-corrected chi connectivity index (χ3v) is 2.93. The van der Waals surface area contributed by atoms with Gasteiger partial charge >= 0.3 is 5.69 Å². The van der Waals surface area contributed by atoms with Gasteiger partial charge in [-0.2, -0.15) is 0 Å². The molecule has 0 fully saturated rings. The number of furan rings is 1. The average molecular weight is 274 g/mol. The summed E-state index contributed by atoms with van der Waals surface area (Å²) >= 11 is 0. The standard InChI is InChI=1S/C12H10N4O4/c1-7(10-3-2-6-19-10)13-8-4-5-9(16(17)18)12-11(8)14-20-15-12/h2-7,13H,1H3. The Morgan fingerprint density at radius 3 is 2.80 bits per heavy atom. The van der Waals surface area contributed by atoms with Crippen molar-refractivity contribution in [1.29, 1.82) is 0 Å². The van der Waals surface area contributed by atoms with Crippen molar-refractivity contribution < 1.29 is 14.0 Å². The Morgan fingerprint density at radius 1 is 1.30 bits per heavy atom. The van der Waals surface area contributed by atoms with Crippen LogP contribution in [0.2, 0.25) is 0 Å². The molecular weight excluding hydrogens is 264 g/mol. The van der Waals surface area contributed by atoms with Gasteiger partial charge in [0.2, 0.25) is 5.52 Å². The zero-order chi connectivity index (χ0) is 14.1. The van der Waals surface area contributed by atoms with E-state index in [-0.39, 0.29) is 17.2 Å².